The van der Waals surface area contributed by atoms with Crippen LogP contribution in [0.25, 0.3) is 0 Å². The van der Waals surface area contributed by atoms with Gasteiger partial charge in [0.25, 0.3) is 0 Å². The number of alkyl halides is 3. The molecule has 6 nitrogen and oxygen atoms in total. The first-order chi connectivity index (χ1) is 14.2. The SMILES string of the molecule is COc1cccc(CCC(=O)NCC(O)COc2cccc(C(F)(F)F)c2)c1OC. The van der Waals surface area contributed by atoms with Gasteiger partial charge in [-0.15, -0.1) is 0 Å². The number of para-hydroxylation sites is 1. The van der Waals surface area contributed by atoms with Gasteiger partial charge in [0.2, 0.25) is 5.91 Å². The third-order valence-corrected chi connectivity index (χ3v) is 4.24. The first-order valence-electron chi connectivity index (χ1n) is 9.19. The summed E-state index contributed by atoms with van der Waals surface area (Å²) < 4.78 is 53.8. The molecule has 9 heteroatoms. The summed E-state index contributed by atoms with van der Waals surface area (Å²) in [5.41, 5.74) is -0.0313. The Labute approximate surface area is 172 Å². The largest absolute Gasteiger partial charge is 0.493 e. The zero-order chi connectivity index (χ0) is 22.1. The predicted octanol–water partition coefficient (Wildman–Crippen LogP) is 3.21. The van der Waals surface area contributed by atoms with Crippen LogP contribution in [-0.2, 0) is 17.4 Å². The number of benzene rings is 2. The van der Waals surface area contributed by atoms with Crippen molar-refractivity contribution in [1.29, 1.82) is 0 Å². The predicted molar refractivity (Wildman–Crippen MR) is 104 cm³/mol. The molecule has 0 aliphatic carbocycles. The number of carbonyl (C=O) groups is 1. The highest BCUT2D eigenvalue weighted by Crippen LogP contribution is 2.32. The number of methoxy groups -OCH3 is 2. The molecule has 1 amide bonds. The van der Waals surface area contributed by atoms with Crippen molar-refractivity contribution in [3.05, 3.63) is 53.6 Å². The van der Waals surface area contributed by atoms with E-state index in [4.69, 9.17) is 14.2 Å². The van der Waals surface area contributed by atoms with Gasteiger partial charge >= 0.3 is 6.18 Å². The second-order valence-electron chi connectivity index (χ2n) is 6.45. The molecule has 0 radical (unpaired) electrons. The number of halogens is 3. The molecular formula is C21H24F3NO5. The van der Waals surface area contributed by atoms with E-state index >= 15 is 0 Å². The van der Waals surface area contributed by atoms with Crippen LogP contribution >= 0.6 is 0 Å². The highest BCUT2D eigenvalue weighted by molar-refractivity contribution is 5.76. The van der Waals surface area contributed by atoms with Gasteiger partial charge in [-0.25, -0.2) is 0 Å². The first kappa shape index (κ1) is 23.3. The highest BCUT2D eigenvalue weighted by atomic mass is 19.4. The summed E-state index contributed by atoms with van der Waals surface area (Å²) in [5.74, 6) is 0.818. The molecule has 0 aliphatic rings. The zero-order valence-electron chi connectivity index (χ0n) is 16.7. The number of hydrogen-bond acceptors (Lipinski definition) is 5. The van der Waals surface area contributed by atoms with E-state index in [2.05, 4.69) is 5.32 Å². The number of aliphatic hydroxyl groups is 1. The van der Waals surface area contributed by atoms with E-state index in [1.807, 2.05) is 6.07 Å². The molecule has 1 atom stereocenters. The Morgan fingerprint density at radius 1 is 1.13 bits per heavy atom. The average Bonchev–Trinajstić information content (AvgIpc) is 2.73. The number of ether oxygens (including phenoxy) is 3. The monoisotopic (exact) mass is 427 g/mol. The molecule has 0 heterocycles. The number of amides is 1. The standard InChI is InChI=1S/C21H24F3NO5/c1-28-18-8-3-5-14(20(18)29-2)9-10-19(27)25-12-16(26)13-30-17-7-4-6-15(11-17)21(22,23)24/h3-8,11,16,26H,9-10,12-13H2,1-2H3,(H,25,27). The van der Waals surface area contributed by atoms with Crippen molar-refractivity contribution in [1.82, 2.24) is 5.32 Å². The Bertz CT molecular complexity index is 842. The van der Waals surface area contributed by atoms with Gasteiger partial charge < -0.3 is 24.6 Å². The third kappa shape index (κ3) is 6.84. The Hall–Kier alpha value is -2.94. The van der Waals surface area contributed by atoms with E-state index in [1.54, 1.807) is 12.1 Å². The number of aryl methyl sites for hydroxylation is 1. The lowest BCUT2D eigenvalue weighted by molar-refractivity contribution is -0.137. The summed E-state index contributed by atoms with van der Waals surface area (Å²) in [6.45, 7) is -0.349. The van der Waals surface area contributed by atoms with Crippen molar-refractivity contribution < 1.29 is 37.3 Å². The lowest BCUT2D eigenvalue weighted by atomic mass is 10.1. The van der Waals surface area contributed by atoms with Gasteiger partial charge in [-0.2, -0.15) is 13.2 Å². The van der Waals surface area contributed by atoms with Crippen LogP contribution in [0.2, 0.25) is 0 Å². The van der Waals surface area contributed by atoms with Crippen LogP contribution in [0.1, 0.15) is 17.5 Å². The second-order valence-corrected chi connectivity index (χ2v) is 6.45. The van der Waals surface area contributed by atoms with Gasteiger partial charge in [0.05, 0.1) is 19.8 Å². The number of nitrogens with one attached hydrogen (secondary N) is 1. The molecule has 2 N–H and O–H groups in total. The van der Waals surface area contributed by atoms with Crippen molar-refractivity contribution in [3.8, 4) is 17.2 Å². The zero-order valence-corrected chi connectivity index (χ0v) is 16.7. The molecule has 30 heavy (non-hydrogen) atoms. The van der Waals surface area contributed by atoms with Gasteiger partial charge in [-0.1, -0.05) is 18.2 Å². The second kappa shape index (κ2) is 10.7. The molecule has 2 aromatic carbocycles. The fraction of sp³-hybridized carbons (Fsp3) is 0.381. The summed E-state index contributed by atoms with van der Waals surface area (Å²) in [7, 11) is 3.04. The number of aliphatic hydroxyl groups excluding tert-OH is 1. The molecule has 0 saturated heterocycles. The summed E-state index contributed by atoms with van der Waals surface area (Å²) in [6, 6.07) is 9.74. The fourth-order valence-electron chi connectivity index (χ4n) is 2.73. The summed E-state index contributed by atoms with van der Waals surface area (Å²) in [4.78, 5) is 12.0. The normalized spacial score (nSPS) is 12.2. The van der Waals surface area contributed by atoms with Gasteiger partial charge in [0.15, 0.2) is 11.5 Å². The van der Waals surface area contributed by atoms with E-state index < -0.39 is 17.8 Å². The Kier molecular flexibility index (Phi) is 8.35. The third-order valence-electron chi connectivity index (χ3n) is 4.24. The Balaban J connectivity index is 1.77. The van der Waals surface area contributed by atoms with Gasteiger partial charge in [-0.05, 0) is 36.2 Å². The molecule has 0 aromatic heterocycles. The van der Waals surface area contributed by atoms with Gasteiger partial charge in [-0.3, -0.25) is 4.79 Å². The summed E-state index contributed by atoms with van der Waals surface area (Å²) in [6.07, 6.45) is -4.99. The number of carbonyl (C=O) groups excluding carboxylic acids is 1. The van der Waals surface area contributed by atoms with Crippen molar-refractivity contribution in [3.63, 3.8) is 0 Å². The summed E-state index contributed by atoms with van der Waals surface area (Å²) in [5, 5.41) is 12.5. The summed E-state index contributed by atoms with van der Waals surface area (Å²) >= 11 is 0. The average molecular weight is 427 g/mol. The maximum Gasteiger partial charge on any atom is 0.416 e. The highest BCUT2D eigenvalue weighted by Gasteiger charge is 2.30. The topological polar surface area (TPSA) is 77.0 Å². The molecular weight excluding hydrogens is 403 g/mol. The van der Waals surface area contributed by atoms with E-state index in [-0.39, 0.29) is 31.2 Å². The molecule has 0 spiro atoms. The molecule has 0 aliphatic heterocycles. The minimum Gasteiger partial charge on any atom is -0.493 e. The molecule has 164 valence electrons. The van der Waals surface area contributed by atoms with Crippen LogP contribution in [0.15, 0.2) is 42.5 Å². The number of hydrogen-bond donors (Lipinski definition) is 2. The maximum absolute atomic E-state index is 12.7. The van der Waals surface area contributed by atoms with E-state index in [1.165, 1.54) is 26.4 Å². The van der Waals surface area contributed by atoms with Gasteiger partial charge in [0, 0.05) is 13.0 Å². The maximum atomic E-state index is 12.7. The molecule has 0 fully saturated rings. The Morgan fingerprint density at radius 2 is 1.87 bits per heavy atom. The molecule has 1 unspecified atom stereocenters. The molecule has 0 bridgehead atoms. The van der Waals surface area contributed by atoms with E-state index in [0.29, 0.717) is 17.9 Å². The number of rotatable bonds is 10. The van der Waals surface area contributed by atoms with Gasteiger partial charge in [0.1, 0.15) is 18.5 Å². The van der Waals surface area contributed by atoms with E-state index in [9.17, 15) is 23.1 Å². The first-order valence-corrected chi connectivity index (χ1v) is 9.19. The molecule has 2 aromatic rings. The lowest BCUT2D eigenvalue weighted by Gasteiger charge is -2.15. The van der Waals surface area contributed by atoms with Crippen molar-refractivity contribution in [2.24, 2.45) is 0 Å². The molecule has 2 rings (SSSR count). The van der Waals surface area contributed by atoms with Crippen LogP contribution in [0.3, 0.4) is 0 Å². The minimum atomic E-state index is -4.47. The smallest absolute Gasteiger partial charge is 0.416 e. The molecule has 0 saturated carbocycles. The van der Waals surface area contributed by atoms with E-state index in [0.717, 1.165) is 17.7 Å². The quantitative estimate of drug-likeness (QED) is 0.609. The van der Waals surface area contributed by atoms with Crippen molar-refractivity contribution in [2.45, 2.75) is 25.1 Å². The van der Waals surface area contributed by atoms with Crippen molar-refractivity contribution in [2.75, 3.05) is 27.4 Å². The fourth-order valence-corrected chi connectivity index (χ4v) is 2.73. The Morgan fingerprint density at radius 3 is 2.53 bits per heavy atom. The van der Waals surface area contributed by atoms with Crippen LogP contribution in [-0.4, -0.2) is 44.5 Å². The van der Waals surface area contributed by atoms with Crippen LogP contribution in [0, 0.1) is 0 Å². The minimum absolute atomic E-state index is 0.0136. The van der Waals surface area contributed by atoms with Crippen LogP contribution < -0.4 is 19.5 Å². The van der Waals surface area contributed by atoms with Crippen molar-refractivity contribution >= 4 is 5.91 Å². The van der Waals surface area contributed by atoms with Crippen LogP contribution in [0.5, 0.6) is 17.2 Å². The van der Waals surface area contributed by atoms with Crippen LogP contribution in [0.4, 0.5) is 13.2 Å². The lowest BCUT2D eigenvalue weighted by Crippen LogP contribution is -2.35.